The van der Waals surface area contributed by atoms with Crippen molar-refractivity contribution in [2.24, 2.45) is 0 Å². The number of esters is 1. The number of benzene rings is 1. The summed E-state index contributed by atoms with van der Waals surface area (Å²) < 4.78 is 4.82. The van der Waals surface area contributed by atoms with Crippen molar-refractivity contribution in [3.63, 3.8) is 0 Å². The quantitative estimate of drug-likeness (QED) is 0.456. The number of carboxylic acid groups (broad SMARTS) is 1. The van der Waals surface area contributed by atoms with Gasteiger partial charge in [-0.25, -0.2) is 4.79 Å². The standard InChI is InChI=1S/C11H10O5/c1-7(6-10(13)14)11(15)16-9-4-2-8(12)3-5-9/h2-5,12H,1,6H2,(H,13,14). The minimum Gasteiger partial charge on any atom is -0.508 e. The van der Waals surface area contributed by atoms with Crippen LogP contribution in [0.1, 0.15) is 6.42 Å². The zero-order chi connectivity index (χ0) is 12.1. The van der Waals surface area contributed by atoms with Crippen LogP contribution in [0, 0.1) is 0 Å². The highest BCUT2D eigenvalue weighted by atomic mass is 16.5. The van der Waals surface area contributed by atoms with E-state index in [-0.39, 0.29) is 17.1 Å². The topological polar surface area (TPSA) is 83.8 Å². The van der Waals surface area contributed by atoms with Gasteiger partial charge in [0.15, 0.2) is 0 Å². The van der Waals surface area contributed by atoms with Gasteiger partial charge in [-0.3, -0.25) is 4.79 Å². The molecule has 0 atom stereocenters. The van der Waals surface area contributed by atoms with Gasteiger partial charge in [-0.1, -0.05) is 6.58 Å². The van der Waals surface area contributed by atoms with Crippen LogP contribution in [0.15, 0.2) is 36.4 Å². The van der Waals surface area contributed by atoms with Gasteiger partial charge in [0.1, 0.15) is 11.5 Å². The van der Waals surface area contributed by atoms with Crippen molar-refractivity contribution in [3.05, 3.63) is 36.4 Å². The van der Waals surface area contributed by atoms with Crippen molar-refractivity contribution in [2.45, 2.75) is 6.42 Å². The first-order chi connectivity index (χ1) is 7.49. The van der Waals surface area contributed by atoms with Crippen molar-refractivity contribution >= 4 is 11.9 Å². The molecule has 84 valence electrons. The van der Waals surface area contributed by atoms with E-state index in [1.54, 1.807) is 0 Å². The summed E-state index contributed by atoms with van der Waals surface area (Å²) in [6.07, 6.45) is -0.461. The van der Waals surface area contributed by atoms with E-state index >= 15 is 0 Å². The molecule has 1 rings (SSSR count). The Hall–Kier alpha value is -2.30. The first-order valence-electron chi connectivity index (χ1n) is 4.40. The fourth-order valence-electron chi connectivity index (χ4n) is 0.948. The van der Waals surface area contributed by atoms with E-state index in [2.05, 4.69) is 6.58 Å². The summed E-state index contributed by atoms with van der Waals surface area (Å²) in [7, 11) is 0. The van der Waals surface area contributed by atoms with Crippen molar-refractivity contribution in [1.29, 1.82) is 0 Å². The summed E-state index contributed by atoms with van der Waals surface area (Å²) in [5.74, 6) is -1.68. The molecule has 5 heteroatoms. The number of aromatic hydroxyl groups is 1. The van der Waals surface area contributed by atoms with Gasteiger partial charge in [-0.05, 0) is 24.3 Å². The van der Waals surface area contributed by atoms with Gasteiger partial charge >= 0.3 is 11.9 Å². The lowest BCUT2D eigenvalue weighted by Crippen LogP contribution is -2.13. The molecule has 0 bridgehead atoms. The Balaban J connectivity index is 2.61. The molecule has 0 aliphatic carbocycles. The molecule has 5 nitrogen and oxygen atoms in total. The number of rotatable bonds is 4. The summed E-state index contributed by atoms with van der Waals surface area (Å²) in [6.45, 7) is 3.30. The highest BCUT2D eigenvalue weighted by Gasteiger charge is 2.13. The number of aliphatic carboxylic acids is 1. The number of carbonyl (C=O) groups is 2. The van der Waals surface area contributed by atoms with Gasteiger partial charge in [-0.2, -0.15) is 0 Å². The molecule has 0 fully saturated rings. The highest BCUT2D eigenvalue weighted by Crippen LogP contribution is 2.17. The first-order valence-corrected chi connectivity index (χ1v) is 4.40. The van der Waals surface area contributed by atoms with Crippen LogP contribution in [0.25, 0.3) is 0 Å². The molecule has 0 heterocycles. The molecule has 0 aromatic heterocycles. The first kappa shape index (κ1) is 11.8. The third-order valence-electron chi connectivity index (χ3n) is 1.70. The molecule has 0 aliphatic rings. The normalized spacial score (nSPS) is 9.50. The molecule has 0 radical (unpaired) electrons. The molecule has 2 N–H and O–H groups in total. The molecule has 16 heavy (non-hydrogen) atoms. The summed E-state index contributed by atoms with van der Waals surface area (Å²) in [4.78, 5) is 21.6. The number of phenolic OH excluding ortho intramolecular Hbond substituents is 1. The summed E-state index contributed by atoms with van der Waals surface area (Å²) in [6, 6.07) is 5.48. The summed E-state index contributed by atoms with van der Waals surface area (Å²) >= 11 is 0. The number of phenols is 1. The van der Waals surface area contributed by atoms with Crippen LogP contribution in [0.2, 0.25) is 0 Å². The van der Waals surface area contributed by atoms with Crippen LogP contribution in [-0.2, 0) is 9.59 Å². The predicted octanol–water partition coefficient (Wildman–Crippen LogP) is 1.33. The Labute approximate surface area is 91.6 Å². The fourth-order valence-corrected chi connectivity index (χ4v) is 0.948. The third-order valence-corrected chi connectivity index (χ3v) is 1.70. The predicted molar refractivity (Wildman–Crippen MR) is 55.1 cm³/mol. The zero-order valence-electron chi connectivity index (χ0n) is 8.34. The smallest absolute Gasteiger partial charge is 0.339 e. The van der Waals surface area contributed by atoms with Crippen molar-refractivity contribution < 1.29 is 24.5 Å². The maximum Gasteiger partial charge on any atom is 0.339 e. The number of ether oxygens (including phenoxy) is 1. The molecule has 0 amide bonds. The number of hydrogen-bond donors (Lipinski definition) is 2. The van der Waals surface area contributed by atoms with E-state index in [0.717, 1.165) is 0 Å². The zero-order valence-corrected chi connectivity index (χ0v) is 8.34. The largest absolute Gasteiger partial charge is 0.508 e. The molecular formula is C11H10O5. The lowest BCUT2D eigenvalue weighted by atomic mass is 10.2. The van der Waals surface area contributed by atoms with Crippen molar-refractivity contribution in [1.82, 2.24) is 0 Å². The van der Waals surface area contributed by atoms with E-state index in [9.17, 15) is 9.59 Å². The Morgan fingerprint density at radius 2 is 1.81 bits per heavy atom. The van der Waals surface area contributed by atoms with E-state index in [1.165, 1.54) is 24.3 Å². The Morgan fingerprint density at radius 3 is 2.31 bits per heavy atom. The Kier molecular flexibility index (Phi) is 3.66. The van der Waals surface area contributed by atoms with Crippen LogP contribution in [0.4, 0.5) is 0 Å². The van der Waals surface area contributed by atoms with Gasteiger partial charge in [0.25, 0.3) is 0 Å². The van der Waals surface area contributed by atoms with Gasteiger partial charge in [0.2, 0.25) is 0 Å². The van der Waals surface area contributed by atoms with Crippen molar-refractivity contribution in [2.75, 3.05) is 0 Å². The lowest BCUT2D eigenvalue weighted by Gasteiger charge is -2.04. The minimum absolute atomic E-state index is 0.0455. The molecule has 0 saturated carbocycles. The molecule has 0 aliphatic heterocycles. The molecule has 0 saturated heterocycles. The van der Waals surface area contributed by atoms with Gasteiger partial charge < -0.3 is 14.9 Å². The Morgan fingerprint density at radius 1 is 1.25 bits per heavy atom. The number of carboxylic acids is 1. The lowest BCUT2D eigenvalue weighted by molar-refractivity contribution is -0.138. The van der Waals surface area contributed by atoms with E-state index in [4.69, 9.17) is 14.9 Å². The van der Waals surface area contributed by atoms with Crippen LogP contribution >= 0.6 is 0 Å². The van der Waals surface area contributed by atoms with Gasteiger partial charge in [-0.15, -0.1) is 0 Å². The second kappa shape index (κ2) is 4.97. The van der Waals surface area contributed by atoms with E-state index < -0.39 is 18.4 Å². The van der Waals surface area contributed by atoms with Crippen LogP contribution in [0.5, 0.6) is 11.5 Å². The van der Waals surface area contributed by atoms with Gasteiger partial charge in [0.05, 0.1) is 6.42 Å². The summed E-state index contributed by atoms with van der Waals surface area (Å²) in [5, 5.41) is 17.4. The monoisotopic (exact) mass is 222 g/mol. The van der Waals surface area contributed by atoms with Crippen LogP contribution < -0.4 is 4.74 Å². The average Bonchev–Trinajstić information content (AvgIpc) is 2.20. The molecule has 0 unspecified atom stereocenters. The van der Waals surface area contributed by atoms with Crippen molar-refractivity contribution in [3.8, 4) is 11.5 Å². The second-order valence-electron chi connectivity index (χ2n) is 3.06. The number of carbonyl (C=O) groups excluding carboxylic acids is 1. The summed E-state index contributed by atoms with van der Waals surface area (Å²) in [5.41, 5.74) is -0.138. The maximum atomic E-state index is 11.3. The molecule has 0 spiro atoms. The molecular weight excluding hydrogens is 212 g/mol. The SMILES string of the molecule is C=C(CC(=O)O)C(=O)Oc1ccc(O)cc1. The molecule has 1 aromatic rings. The second-order valence-corrected chi connectivity index (χ2v) is 3.06. The van der Waals surface area contributed by atoms with E-state index in [1.807, 2.05) is 0 Å². The van der Waals surface area contributed by atoms with Gasteiger partial charge in [0, 0.05) is 5.57 Å². The van der Waals surface area contributed by atoms with Crippen LogP contribution in [-0.4, -0.2) is 22.2 Å². The Bertz CT molecular complexity index is 419. The maximum absolute atomic E-state index is 11.3. The van der Waals surface area contributed by atoms with Crippen LogP contribution in [0.3, 0.4) is 0 Å². The van der Waals surface area contributed by atoms with E-state index in [0.29, 0.717) is 0 Å². The molecule has 1 aromatic carbocycles. The minimum atomic E-state index is -1.15. The third kappa shape index (κ3) is 3.45. The fraction of sp³-hybridized carbons (Fsp3) is 0.0909. The number of hydrogen-bond acceptors (Lipinski definition) is 4. The highest BCUT2D eigenvalue weighted by molar-refractivity contribution is 5.94. The average molecular weight is 222 g/mol.